The van der Waals surface area contributed by atoms with Gasteiger partial charge in [0.1, 0.15) is 6.04 Å². The minimum atomic E-state index is -1.05. The van der Waals surface area contributed by atoms with Crippen molar-refractivity contribution in [2.75, 3.05) is 13.2 Å². The van der Waals surface area contributed by atoms with Crippen molar-refractivity contribution >= 4 is 11.8 Å². The zero-order valence-corrected chi connectivity index (χ0v) is 14.0. The van der Waals surface area contributed by atoms with Crippen LogP contribution in [0.2, 0.25) is 0 Å². The Kier molecular flexibility index (Phi) is 5.93. The molecule has 132 valence electrons. The Labute approximate surface area is 141 Å². The van der Waals surface area contributed by atoms with E-state index in [1.807, 2.05) is 12.1 Å². The number of ether oxygens (including phenoxy) is 1. The number of carbonyl (C=O) groups excluding carboxylic acids is 2. The molecule has 1 aliphatic rings. The Morgan fingerprint density at radius 3 is 2.33 bits per heavy atom. The molecule has 0 aliphatic carbocycles. The summed E-state index contributed by atoms with van der Waals surface area (Å²) in [5, 5.41) is 11.4. The molecule has 1 aromatic carbocycles. The smallest absolute Gasteiger partial charge is 0.267 e. The Balaban J connectivity index is 2.07. The third-order valence-corrected chi connectivity index (χ3v) is 4.26. The molecule has 1 fully saturated rings. The third kappa shape index (κ3) is 4.53. The van der Waals surface area contributed by atoms with Crippen molar-refractivity contribution in [1.82, 2.24) is 10.8 Å². The van der Waals surface area contributed by atoms with Crippen molar-refractivity contribution in [1.29, 1.82) is 0 Å². The highest BCUT2D eigenvalue weighted by atomic mass is 16.5. The van der Waals surface area contributed by atoms with Crippen LogP contribution in [0.5, 0.6) is 0 Å². The number of carbonyl (C=O) groups is 2. The molecule has 0 unspecified atom stereocenters. The zero-order chi connectivity index (χ0) is 17.7. The highest BCUT2D eigenvalue weighted by molar-refractivity contribution is 5.97. The molecule has 2 amide bonds. The summed E-state index contributed by atoms with van der Waals surface area (Å²) in [4.78, 5) is 24.1. The molecular weight excluding hydrogens is 310 g/mol. The Bertz CT molecular complexity index is 574. The Hall–Kier alpha value is -1.96. The van der Waals surface area contributed by atoms with Crippen LogP contribution in [0, 0.1) is 0 Å². The lowest BCUT2D eigenvalue weighted by atomic mass is 9.91. The van der Waals surface area contributed by atoms with E-state index in [1.165, 1.54) is 11.0 Å². The van der Waals surface area contributed by atoms with Crippen LogP contribution < -0.4 is 16.5 Å². The standard InChI is InChI=1S/C17H25N3O4/c1-17(2,18)14(16(22)20-23)19-15(21)13-5-3-11(4-6-13)12-7-9-24-10-8-12/h3-6,12,14,23H,7-10,18H2,1-2H3,(H,19,21)(H,20,22)/t14-/m1/s1. The zero-order valence-electron chi connectivity index (χ0n) is 14.0. The first-order valence-electron chi connectivity index (χ1n) is 8.04. The molecule has 1 aliphatic heterocycles. The summed E-state index contributed by atoms with van der Waals surface area (Å²) in [5.41, 5.74) is 8.03. The fraction of sp³-hybridized carbons (Fsp3) is 0.529. The number of hydrogen-bond donors (Lipinski definition) is 4. The second-order valence-corrected chi connectivity index (χ2v) is 6.71. The van der Waals surface area contributed by atoms with Crippen molar-refractivity contribution in [3.8, 4) is 0 Å². The van der Waals surface area contributed by atoms with Gasteiger partial charge in [-0.05, 0) is 50.3 Å². The van der Waals surface area contributed by atoms with E-state index in [-0.39, 0.29) is 0 Å². The normalized spacial score (nSPS) is 17.2. The number of benzene rings is 1. The van der Waals surface area contributed by atoms with Crippen molar-refractivity contribution in [2.24, 2.45) is 5.73 Å². The predicted octanol–water partition coefficient (Wildman–Crippen LogP) is 0.922. The average Bonchev–Trinajstić information content (AvgIpc) is 2.58. The largest absolute Gasteiger partial charge is 0.381 e. The van der Waals surface area contributed by atoms with E-state index >= 15 is 0 Å². The van der Waals surface area contributed by atoms with Crippen LogP contribution in [-0.4, -0.2) is 41.8 Å². The molecule has 1 heterocycles. The third-order valence-electron chi connectivity index (χ3n) is 4.26. The van der Waals surface area contributed by atoms with Gasteiger partial charge in [0.05, 0.1) is 0 Å². The lowest BCUT2D eigenvalue weighted by molar-refractivity contribution is -0.132. The topological polar surface area (TPSA) is 114 Å². The van der Waals surface area contributed by atoms with Crippen molar-refractivity contribution in [2.45, 2.75) is 44.2 Å². The molecule has 0 aromatic heterocycles. The van der Waals surface area contributed by atoms with Gasteiger partial charge in [-0.15, -0.1) is 0 Å². The molecular formula is C17H25N3O4. The second-order valence-electron chi connectivity index (χ2n) is 6.71. The molecule has 0 saturated carbocycles. The van der Waals surface area contributed by atoms with Gasteiger partial charge in [-0.3, -0.25) is 14.8 Å². The maximum Gasteiger partial charge on any atom is 0.267 e. The minimum Gasteiger partial charge on any atom is -0.381 e. The number of hydrogen-bond acceptors (Lipinski definition) is 5. The maximum atomic E-state index is 12.4. The fourth-order valence-electron chi connectivity index (χ4n) is 2.81. The first kappa shape index (κ1) is 18.4. The van der Waals surface area contributed by atoms with Crippen LogP contribution in [0.4, 0.5) is 0 Å². The molecule has 1 atom stereocenters. The summed E-state index contributed by atoms with van der Waals surface area (Å²) in [7, 11) is 0. The summed E-state index contributed by atoms with van der Waals surface area (Å²) in [6.07, 6.45) is 1.96. The number of hydroxylamine groups is 1. The summed E-state index contributed by atoms with van der Waals surface area (Å²) in [6, 6.07) is 6.28. The SMILES string of the molecule is CC(C)(N)[C@H](NC(=O)c1ccc(C2CCOCC2)cc1)C(=O)NO. The fourth-order valence-corrected chi connectivity index (χ4v) is 2.81. The maximum absolute atomic E-state index is 12.4. The molecule has 2 rings (SSSR count). The predicted molar refractivity (Wildman–Crippen MR) is 88.7 cm³/mol. The second kappa shape index (κ2) is 7.74. The van der Waals surface area contributed by atoms with Gasteiger partial charge in [0, 0.05) is 24.3 Å². The minimum absolute atomic E-state index is 0.416. The van der Waals surface area contributed by atoms with Gasteiger partial charge in [-0.25, -0.2) is 5.48 Å². The number of amides is 2. The first-order chi connectivity index (χ1) is 11.3. The van der Waals surface area contributed by atoms with Crippen LogP contribution in [0.1, 0.15) is 48.5 Å². The molecule has 7 heteroatoms. The van der Waals surface area contributed by atoms with E-state index in [4.69, 9.17) is 15.7 Å². The monoisotopic (exact) mass is 335 g/mol. The molecule has 5 N–H and O–H groups in total. The van der Waals surface area contributed by atoms with Crippen molar-refractivity contribution < 1.29 is 19.5 Å². The summed E-state index contributed by atoms with van der Waals surface area (Å²) in [5.74, 6) is -0.720. The van der Waals surface area contributed by atoms with Gasteiger partial charge in [0.2, 0.25) is 0 Å². The van der Waals surface area contributed by atoms with Crippen LogP contribution >= 0.6 is 0 Å². The van der Waals surface area contributed by atoms with Crippen LogP contribution in [0.25, 0.3) is 0 Å². The molecule has 0 bridgehead atoms. The summed E-state index contributed by atoms with van der Waals surface area (Å²) in [6.45, 7) is 4.72. The molecule has 7 nitrogen and oxygen atoms in total. The van der Waals surface area contributed by atoms with Gasteiger partial charge in [0.15, 0.2) is 0 Å². The van der Waals surface area contributed by atoms with Gasteiger partial charge in [-0.1, -0.05) is 12.1 Å². The van der Waals surface area contributed by atoms with E-state index < -0.39 is 23.4 Å². The van der Waals surface area contributed by atoms with Gasteiger partial charge in [0.25, 0.3) is 11.8 Å². The van der Waals surface area contributed by atoms with E-state index in [1.54, 1.807) is 26.0 Å². The molecule has 0 spiro atoms. The quantitative estimate of drug-likeness (QED) is 0.472. The lowest BCUT2D eigenvalue weighted by Crippen LogP contribution is -2.61. The lowest BCUT2D eigenvalue weighted by Gasteiger charge is -2.29. The van der Waals surface area contributed by atoms with Crippen LogP contribution in [0.3, 0.4) is 0 Å². The first-order valence-corrected chi connectivity index (χ1v) is 8.04. The van der Waals surface area contributed by atoms with Gasteiger partial charge >= 0.3 is 0 Å². The van der Waals surface area contributed by atoms with E-state index in [2.05, 4.69) is 5.32 Å². The van der Waals surface area contributed by atoms with E-state index in [0.29, 0.717) is 11.5 Å². The van der Waals surface area contributed by atoms with Crippen LogP contribution in [0.15, 0.2) is 24.3 Å². The average molecular weight is 335 g/mol. The van der Waals surface area contributed by atoms with Crippen molar-refractivity contribution in [3.05, 3.63) is 35.4 Å². The Morgan fingerprint density at radius 1 is 1.25 bits per heavy atom. The molecule has 1 aromatic rings. The van der Waals surface area contributed by atoms with E-state index in [9.17, 15) is 9.59 Å². The summed E-state index contributed by atoms with van der Waals surface area (Å²) >= 11 is 0. The van der Waals surface area contributed by atoms with Crippen molar-refractivity contribution in [3.63, 3.8) is 0 Å². The van der Waals surface area contributed by atoms with Gasteiger partial charge in [-0.2, -0.15) is 0 Å². The molecule has 1 saturated heterocycles. The molecule has 24 heavy (non-hydrogen) atoms. The summed E-state index contributed by atoms with van der Waals surface area (Å²) < 4.78 is 5.36. The highest BCUT2D eigenvalue weighted by Crippen LogP contribution is 2.26. The number of nitrogens with one attached hydrogen (secondary N) is 2. The Morgan fingerprint density at radius 2 is 1.83 bits per heavy atom. The van der Waals surface area contributed by atoms with Crippen LogP contribution in [-0.2, 0) is 9.53 Å². The number of nitrogens with two attached hydrogens (primary N) is 1. The number of rotatable bonds is 5. The van der Waals surface area contributed by atoms with Gasteiger partial charge < -0.3 is 15.8 Å². The molecule has 0 radical (unpaired) electrons. The highest BCUT2D eigenvalue weighted by Gasteiger charge is 2.33. The van der Waals surface area contributed by atoms with E-state index in [0.717, 1.165) is 26.1 Å².